The number of nitrogens with zero attached hydrogens (tertiary/aromatic N) is 2. The predicted molar refractivity (Wildman–Crippen MR) is 85.1 cm³/mol. The van der Waals surface area contributed by atoms with Crippen LogP contribution in [0.5, 0.6) is 0 Å². The summed E-state index contributed by atoms with van der Waals surface area (Å²) in [4.78, 5) is 14.0. The lowest BCUT2D eigenvalue weighted by molar-refractivity contribution is -0.122. The van der Waals surface area contributed by atoms with Crippen LogP contribution in [0.25, 0.3) is 6.08 Å². The number of amides is 1. The summed E-state index contributed by atoms with van der Waals surface area (Å²) in [6.45, 7) is 8.89. The fourth-order valence-electron chi connectivity index (χ4n) is 2.29. The molecule has 1 N–H and O–H groups in total. The number of hydrogen-bond acceptors (Lipinski definition) is 2. The van der Waals surface area contributed by atoms with Gasteiger partial charge in [0.05, 0.1) is 0 Å². The smallest absolute Gasteiger partial charge is 0.276 e. The van der Waals surface area contributed by atoms with E-state index in [4.69, 9.17) is 12.2 Å². The molecular weight excluding hydrogens is 270 g/mol. The van der Waals surface area contributed by atoms with Crippen molar-refractivity contribution in [1.82, 2.24) is 14.8 Å². The van der Waals surface area contributed by atoms with Crippen LogP contribution in [0, 0.1) is 19.8 Å². The van der Waals surface area contributed by atoms with Gasteiger partial charge in [0.25, 0.3) is 5.91 Å². The highest BCUT2D eigenvalue weighted by Crippen LogP contribution is 2.20. The molecule has 1 aromatic rings. The SMILES string of the molecule is Cc1cc(/C=C2/NC(=S)N(CC(C)C)C2=O)c(C)n1C. The van der Waals surface area contributed by atoms with Gasteiger partial charge in [-0.1, -0.05) is 13.8 Å². The molecule has 0 bridgehead atoms. The van der Waals surface area contributed by atoms with Crippen molar-refractivity contribution in [1.29, 1.82) is 0 Å². The maximum absolute atomic E-state index is 12.4. The van der Waals surface area contributed by atoms with Crippen LogP contribution >= 0.6 is 12.2 Å². The number of carbonyl (C=O) groups excluding carboxylic acids is 1. The molecule has 1 saturated heterocycles. The summed E-state index contributed by atoms with van der Waals surface area (Å²) in [6, 6.07) is 2.07. The zero-order chi connectivity index (χ0) is 15.0. The van der Waals surface area contributed by atoms with E-state index in [1.54, 1.807) is 4.90 Å². The second kappa shape index (κ2) is 5.40. The fourth-order valence-corrected chi connectivity index (χ4v) is 2.56. The Labute approximate surface area is 125 Å². The molecule has 2 heterocycles. The highest BCUT2D eigenvalue weighted by molar-refractivity contribution is 7.80. The maximum Gasteiger partial charge on any atom is 0.276 e. The first kappa shape index (κ1) is 14.8. The van der Waals surface area contributed by atoms with E-state index in [2.05, 4.69) is 36.7 Å². The monoisotopic (exact) mass is 291 g/mol. The normalized spacial score (nSPS) is 17.5. The van der Waals surface area contributed by atoms with Crippen molar-refractivity contribution in [2.24, 2.45) is 13.0 Å². The summed E-state index contributed by atoms with van der Waals surface area (Å²) in [6.07, 6.45) is 1.89. The Morgan fingerprint density at radius 2 is 2.05 bits per heavy atom. The van der Waals surface area contributed by atoms with E-state index in [1.165, 1.54) is 5.69 Å². The van der Waals surface area contributed by atoms with Gasteiger partial charge in [-0.2, -0.15) is 0 Å². The molecule has 1 aromatic heterocycles. The summed E-state index contributed by atoms with van der Waals surface area (Å²) in [7, 11) is 2.02. The molecule has 108 valence electrons. The van der Waals surface area contributed by atoms with E-state index in [0.29, 0.717) is 23.3 Å². The van der Waals surface area contributed by atoms with Gasteiger partial charge in [-0.3, -0.25) is 9.69 Å². The van der Waals surface area contributed by atoms with Gasteiger partial charge in [0, 0.05) is 25.0 Å². The van der Waals surface area contributed by atoms with Crippen LogP contribution in [0.4, 0.5) is 0 Å². The number of hydrogen-bond donors (Lipinski definition) is 1. The first-order chi connectivity index (χ1) is 9.31. The molecule has 0 aliphatic carbocycles. The lowest BCUT2D eigenvalue weighted by Gasteiger charge is -2.15. The molecular formula is C15H21N3OS. The number of aryl methyl sites for hydroxylation is 1. The average Bonchev–Trinajstić information content (AvgIpc) is 2.75. The maximum atomic E-state index is 12.4. The molecule has 1 aliphatic rings. The summed E-state index contributed by atoms with van der Waals surface area (Å²) in [5, 5.41) is 3.52. The second-order valence-corrected chi connectivity index (χ2v) is 6.07. The van der Waals surface area contributed by atoms with E-state index in [0.717, 1.165) is 11.3 Å². The number of nitrogens with one attached hydrogen (secondary N) is 1. The van der Waals surface area contributed by atoms with Crippen molar-refractivity contribution < 1.29 is 4.79 Å². The number of carbonyl (C=O) groups is 1. The molecule has 0 atom stereocenters. The molecule has 1 aliphatic heterocycles. The van der Waals surface area contributed by atoms with Crippen molar-refractivity contribution in [3.8, 4) is 0 Å². The fraction of sp³-hybridized carbons (Fsp3) is 0.467. The third-order valence-electron chi connectivity index (χ3n) is 3.62. The molecule has 4 nitrogen and oxygen atoms in total. The minimum atomic E-state index is -0.0374. The van der Waals surface area contributed by atoms with Crippen molar-refractivity contribution in [2.45, 2.75) is 27.7 Å². The second-order valence-electron chi connectivity index (χ2n) is 5.68. The first-order valence-electron chi connectivity index (χ1n) is 6.78. The number of rotatable bonds is 3. The predicted octanol–water partition coefficient (Wildman–Crippen LogP) is 2.36. The van der Waals surface area contributed by atoms with Gasteiger partial charge in [0.15, 0.2) is 5.11 Å². The third kappa shape index (κ3) is 2.63. The minimum Gasteiger partial charge on any atom is -0.352 e. The first-order valence-corrected chi connectivity index (χ1v) is 7.19. The Kier molecular flexibility index (Phi) is 3.99. The van der Waals surface area contributed by atoms with Crippen molar-refractivity contribution in [3.05, 3.63) is 28.7 Å². The zero-order valence-electron chi connectivity index (χ0n) is 12.7. The summed E-state index contributed by atoms with van der Waals surface area (Å²) >= 11 is 5.24. The van der Waals surface area contributed by atoms with Gasteiger partial charge in [-0.25, -0.2) is 0 Å². The average molecular weight is 291 g/mol. The number of thiocarbonyl (C=S) groups is 1. The van der Waals surface area contributed by atoms with Crippen LogP contribution in [0.15, 0.2) is 11.8 Å². The lowest BCUT2D eigenvalue weighted by atomic mass is 10.2. The van der Waals surface area contributed by atoms with Gasteiger partial charge in [-0.05, 0) is 49.7 Å². The Morgan fingerprint density at radius 3 is 2.55 bits per heavy atom. The largest absolute Gasteiger partial charge is 0.352 e. The van der Waals surface area contributed by atoms with Crippen LogP contribution in [0.1, 0.15) is 30.8 Å². The minimum absolute atomic E-state index is 0.0374. The highest BCUT2D eigenvalue weighted by atomic mass is 32.1. The molecule has 0 radical (unpaired) electrons. The van der Waals surface area contributed by atoms with Crippen LogP contribution in [-0.4, -0.2) is 27.0 Å². The van der Waals surface area contributed by atoms with Crippen LogP contribution in [0.2, 0.25) is 0 Å². The molecule has 0 aromatic carbocycles. The van der Waals surface area contributed by atoms with Crippen LogP contribution < -0.4 is 5.32 Å². The molecule has 2 rings (SSSR count). The Balaban J connectivity index is 2.30. The number of aromatic nitrogens is 1. The van der Waals surface area contributed by atoms with Gasteiger partial charge in [0.2, 0.25) is 0 Å². The van der Waals surface area contributed by atoms with Crippen LogP contribution in [-0.2, 0) is 11.8 Å². The Hall–Kier alpha value is -1.62. The molecule has 5 heteroatoms. The van der Waals surface area contributed by atoms with E-state index in [9.17, 15) is 4.79 Å². The summed E-state index contributed by atoms with van der Waals surface area (Å²) in [5.74, 6) is 0.350. The molecule has 0 spiro atoms. The van der Waals surface area contributed by atoms with E-state index in [-0.39, 0.29) is 5.91 Å². The molecule has 0 saturated carbocycles. The van der Waals surface area contributed by atoms with Crippen molar-refractivity contribution in [3.63, 3.8) is 0 Å². The lowest BCUT2D eigenvalue weighted by Crippen LogP contribution is -2.33. The molecule has 20 heavy (non-hydrogen) atoms. The van der Waals surface area contributed by atoms with Gasteiger partial charge < -0.3 is 9.88 Å². The summed E-state index contributed by atoms with van der Waals surface area (Å²) in [5.41, 5.74) is 3.92. The van der Waals surface area contributed by atoms with E-state index >= 15 is 0 Å². The zero-order valence-corrected chi connectivity index (χ0v) is 13.5. The highest BCUT2D eigenvalue weighted by Gasteiger charge is 2.31. The molecule has 1 fully saturated rings. The van der Waals surface area contributed by atoms with Gasteiger partial charge in [-0.15, -0.1) is 0 Å². The standard InChI is InChI=1S/C15H21N3OS/c1-9(2)8-18-14(19)13(16-15(18)20)7-12-6-10(3)17(5)11(12)4/h6-7,9H,8H2,1-5H3,(H,16,20)/b13-7+. The Morgan fingerprint density at radius 1 is 1.40 bits per heavy atom. The molecule has 0 unspecified atom stereocenters. The topological polar surface area (TPSA) is 37.3 Å². The molecule has 1 amide bonds. The quantitative estimate of drug-likeness (QED) is 0.686. The van der Waals surface area contributed by atoms with Crippen molar-refractivity contribution in [2.75, 3.05) is 6.54 Å². The van der Waals surface area contributed by atoms with Gasteiger partial charge in [0.1, 0.15) is 5.70 Å². The van der Waals surface area contributed by atoms with Crippen molar-refractivity contribution >= 4 is 29.3 Å². The van der Waals surface area contributed by atoms with Gasteiger partial charge >= 0.3 is 0 Å². The summed E-state index contributed by atoms with van der Waals surface area (Å²) < 4.78 is 2.11. The van der Waals surface area contributed by atoms with E-state index in [1.807, 2.05) is 20.0 Å². The van der Waals surface area contributed by atoms with E-state index < -0.39 is 0 Å². The van der Waals surface area contributed by atoms with Crippen LogP contribution in [0.3, 0.4) is 0 Å². The third-order valence-corrected chi connectivity index (χ3v) is 3.95. The Bertz CT molecular complexity index is 599.